The van der Waals surface area contributed by atoms with Gasteiger partial charge in [0, 0.05) is 12.8 Å². The van der Waals surface area contributed by atoms with Crippen LogP contribution in [-0.4, -0.2) is 11.4 Å². The highest BCUT2D eigenvalue weighted by atomic mass is 19.1. The number of hydrogen-bond acceptors (Lipinski definition) is 2. The Morgan fingerprint density at radius 1 is 1.24 bits per heavy atom. The van der Waals surface area contributed by atoms with Gasteiger partial charge in [0.25, 0.3) is 0 Å². The zero-order chi connectivity index (χ0) is 12.3. The maximum Gasteiger partial charge on any atom is 0.133 e. The minimum Gasteiger partial charge on any atom is -0.371 e. The number of ketones is 1. The Balaban J connectivity index is 1.89. The molecule has 0 aliphatic heterocycles. The molecule has 92 valence electrons. The van der Waals surface area contributed by atoms with Crippen LogP contribution in [0.1, 0.15) is 38.2 Å². The molecule has 17 heavy (non-hydrogen) atoms. The summed E-state index contributed by atoms with van der Waals surface area (Å²) in [5.41, 5.74) is 0.756. The molecule has 1 fully saturated rings. The minimum atomic E-state index is -0.233. The first-order valence-corrected chi connectivity index (χ1v) is 5.98. The minimum absolute atomic E-state index is 0.206. The van der Waals surface area contributed by atoms with Crippen molar-refractivity contribution in [3.63, 3.8) is 0 Å². The van der Waals surface area contributed by atoms with Gasteiger partial charge < -0.3 is 4.74 Å². The van der Waals surface area contributed by atoms with E-state index in [0.29, 0.717) is 25.2 Å². The van der Waals surface area contributed by atoms with E-state index in [1.54, 1.807) is 12.1 Å². The summed E-state index contributed by atoms with van der Waals surface area (Å²) in [7, 11) is 0. The van der Waals surface area contributed by atoms with Crippen LogP contribution in [0.4, 0.5) is 4.39 Å². The molecule has 2 rings (SSSR count). The Morgan fingerprint density at radius 2 is 1.82 bits per heavy atom. The fraction of sp³-hybridized carbons (Fsp3) is 0.500. The van der Waals surface area contributed by atoms with Crippen molar-refractivity contribution in [2.75, 3.05) is 0 Å². The summed E-state index contributed by atoms with van der Waals surface area (Å²) in [6, 6.07) is 6.33. The van der Waals surface area contributed by atoms with Crippen LogP contribution in [0.15, 0.2) is 24.3 Å². The number of rotatable bonds is 3. The molecular weight excluding hydrogens is 219 g/mol. The molecule has 0 unspecified atom stereocenters. The second-order valence-corrected chi connectivity index (χ2v) is 4.90. The van der Waals surface area contributed by atoms with Gasteiger partial charge in [0.2, 0.25) is 0 Å². The van der Waals surface area contributed by atoms with Crippen LogP contribution in [0.3, 0.4) is 0 Å². The molecule has 0 bridgehead atoms. The molecule has 3 heteroatoms. The Kier molecular flexibility index (Phi) is 3.57. The van der Waals surface area contributed by atoms with Crippen LogP contribution in [0.25, 0.3) is 0 Å². The van der Waals surface area contributed by atoms with Crippen LogP contribution < -0.4 is 0 Å². The quantitative estimate of drug-likeness (QED) is 0.805. The van der Waals surface area contributed by atoms with Gasteiger partial charge in [-0.3, -0.25) is 4.79 Å². The van der Waals surface area contributed by atoms with Gasteiger partial charge in [-0.25, -0.2) is 4.39 Å². The summed E-state index contributed by atoms with van der Waals surface area (Å²) < 4.78 is 18.6. The van der Waals surface area contributed by atoms with Crippen LogP contribution in [0, 0.1) is 5.82 Å². The van der Waals surface area contributed by atoms with E-state index in [4.69, 9.17) is 4.74 Å². The van der Waals surface area contributed by atoms with Crippen molar-refractivity contribution in [1.29, 1.82) is 0 Å². The normalized spacial score (nSPS) is 19.3. The maximum atomic E-state index is 12.7. The zero-order valence-corrected chi connectivity index (χ0v) is 10.0. The number of ether oxygens (including phenoxy) is 1. The number of carbonyl (C=O) groups excluding carboxylic acids is 1. The molecule has 0 spiro atoms. The van der Waals surface area contributed by atoms with E-state index in [9.17, 15) is 9.18 Å². The molecule has 0 aromatic heterocycles. The number of hydrogen-bond donors (Lipinski definition) is 0. The van der Waals surface area contributed by atoms with Gasteiger partial charge in [-0.1, -0.05) is 12.1 Å². The molecule has 0 saturated heterocycles. The van der Waals surface area contributed by atoms with Crippen molar-refractivity contribution in [2.45, 2.75) is 44.8 Å². The van der Waals surface area contributed by atoms with Gasteiger partial charge in [0.15, 0.2) is 0 Å². The molecule has 2 nitrogen and oxygen atoms in total. The second-order valence-electron chi connectivity index (χ2n) is 4.90. The highest BCUT2D eigenvalue weighted by Gasteiger charge is 2.30. The Labute approximate surface area is 101 Å². The molecule has 1 aliphatic carbocycles. The van der Waals surface area contributed by atoms with E-state index in [0.717, 1.165) is 18.4 Å². The highest BCUT2D eigenvalue weighted by Crippen LogP contribution is 2.30. The molecule has 1 aromatic carbocycles. The molecule has 1 saturated carbocycles. The lowest BCUT2D eigenvalue weighted by atomic mass is 9.85. The summed E-state index contributed by atoms with van der Waals surface area (Å²) in [5, 5.41) is 0. The van der Waals surface area contributed by atoms with Gasteiger partial charge in [0.05, 0.1) is 12.2 Å². The van der Waals surface area contributed by atoms with E-state index < -0.39 is 0 Å². The first-order chi connectivity index (χ1) is 8.07. The van der Waals surface area contributed by atoms with E-state index in [1.165, 1.54) is 12.1 Å². The van der Waals surface area contributed by atoms with Gasteiger partial charge in [0.1, 0.15) is 11.6 Å². The number of halogens is 1. The van der Waals surface area contributed by atoms with Crippen molar-refractivity contribution in [3.05, 3.63) is 35.6 Å². The van der Waals surface area contributed by atoms with Gasteiger partial charge in [-0.05, 0) is 37.5 Å². The SMILES string of the molecule is CC1(OCc2ccc(F)cc2)CCC(=O)CC1. The molecule has 0 N–H and O–H groups in total. The fourth-order valence-corrected chi connectivity index (χ4v) is 2.04. The molecule has 0 heterocycles. The van der Waals surface area contributed by atoms with Crippen LogP contribution in [0.5, 0.6) is 0 Å². The summed E-state index contributed by atoms with van der Waals surface area (Å²) in [6.07, 6.45) is 2.79. The summed E-state index contributed by atoms with van der Waals surface area (Å²) in [6.45, 7) is 2.52. The average molecular weight is 236 g/mol. The zero-order valence-electron chi connectivity index (χ0n) is 10.0. The van der Waals surface area contributed by atoms with Crippen molar-refractivity contribution in [2.24, 2.45) is 0 Å². The van der Waals surface area contributed by atoms with E-state index in [2.05, 4.69) is 0 Å². The second kappa shape index (κ2) is 4.96. The van der Waals surface area contributed by atoms with Crippen molar-refractivity contribution in [1.82, 2.24) is 0 Å². The number of benzene rings is 1. The lowest BCUT2D eigenvalue weighted by Gasteiger charge is -2.33. The van der Waals surface area contributed by atoms with E-state index >= 15 is 0 Å². The lowest BCUT2D eigenvalue weighted by Crippen LogP contribution is -2.33. The molecule has 0 radical (unpaired) electrons. The highest BCUT2D eigenvalue weighted by molar-refractivity contribution is 5.79. The molecular formula is C14H17FO2. The third kappa shape index (κ3) is 3.37. The third-order valence-electron chi connectivity index (χ3n) is 3.37. The van der Waals surface area contributed by atoms with Crippen LogP contribution in [0.2, 0.25) is 0 Å². The third-order valence-corrected chi connectivity index (χ3v) is 3.37. The van der Waals surface area contributed by atoms with Gasteiger partial charge in [-0.15, -0.1) is 0 Å². The average Bonchev–Trinajstić information content (AvgIpc) is 2.33. The van der Waals surface area contributed by atoms with Gasteiger partial charge >= 0.3 is 0 Å². The Morgan fingerprint density at radius 3 is 2.41 bits per heavy atom. The summed E-state index contributed by atoms with van der Waals surface area (Å²) >= 11 is 0. The lowest BCUT2D eigenvalue weighted by molar-refractivity contribution is -0.129. The van der Waals surface area contributed by atoms with E-state index in [1.807, 2.05) is 6.92 Å². The predicted molar refractivity (Wildman–Crippen MR) is 63.1 cm³/mol. The number of carbonyl (C=O) groups is 1. The first-order valence-electron chi connectivity index (χ1n) is 5.98. The molecule has 0 atom stereocenters. The Bertz CT molecular complexity index is 387. The standard InChI is InChI=1S/C14H17FO2/c1-14(8-6-13(16)7-9-14)17-10-11-2-4-12(15)5-3-11/h2-5H,6-10H2,1H3. The summed E-state index contributed by atoms with van der Waals surface area (Å²) in [4.78, 5) is 11.2. The Hall–Kier alpha value is -1.22. The maximum absolute atomic E-state index is 12.7. The van der Waals surface area contributed by atoms with Crippen LogP contribution >= 0.6 is 0 Å². The topological polar surface area (TPSA) is 26.3 Å². The molecule has 1 aliphatic rings. The monoisotopic (exact) mass is 236 g/mol. The predicted octanol–water partition coefficient (Wildman–Crippen LogP) is 3.24. The first kappa shape index (κ1) is 12.2. The molecule has 0 amide bonds. The van der Waals surface area contributed by atoms with Crippen LogP contribution in [-0.2, 0) is 16.1 Å². The largest absolute Gasteiger partial charge is 0.371 e. The van der Waals surface area contributed by atoms with Gasteiger partial charge in [-0.2, -0.15) is 0 Å². The smallest absolute Gasteiger partial charge is 0.133 e. The number of Topliss-reactive ketones (excluding diaryl/α,β-unsaturated/α-hetero) is 1. The van der Waals surface area contributed by atoms with Crippen molar-refractivity contribution in [3.8, 4) is 0 Å². The van der Waals surface area contributed by atoms with Crippen molar-refractivity contribution < 1.29 is 13.9 Å². The van der Waals surface area contributed by atoms with Crippen molar-refractivity contribution >= 4 is 5.78 Å². The molecule has 1 aromatic rings. The van der Waals surface area contributed by atoms with E-state index in [-0.39, 0.29) is 11.4 Å². The summed E-state index contributed by atoms with van der Waals surface area (Å²) in [5.74, 6) is 0.0936. The fourth-order valence-electron chi connectivity index (χ4n) is 2.04.